The van der Waals surface area contributed by atoms with Gasteiger partial charge in [-0.1, -0.05) is 6.07 Å². The molecular formula is C12H10FN3S. The Balaban J connectivity index is 2.45. The molecule has 0 aliphatic rings. The smallest absolute Gasteiger partial charge is 0.137 e. The zero-order valence-corrected chi connectivity index (χ0v) is 10.3. The molecular weight excluding hydrogens is 237 g/mol. The molecule has 86 valence electrons. The van der Waals surface area contributed by atoms with Crippen LogP contribution in [-0.4, -0.2) is 15.0 Å². The Morgan fingerprint density at radius 1 is 1.35 bits per heavy atom. The minimum atomic E-state index is -0.208. The van der Waals surface area contributed by atoms with Crippen LogP contribution in [0.15, 0.2) is 23.6 Å². The summed E-state index contributed by atoms with van der Waals surface area (Å²) in [7, 11) is 1.74. The standard InChI is InChI=1S/C12H10FN3S/c1-7-6-8-12(15-16(2)14-8)10(11(7)13)9-4-3-5-17-9/h3-6H,1-2H3. The summed E-state index contributed by atoms with van der Waals surface area (Å²) in [5.74, 6) is -0.208. The molecule has 0 aliphatic heterocycles. The van der Waals surface area contributed by atoms with Crippen LogP contribution in [0.5, 0.6) is 0 Å². The van der Waals surface area contributed by atoms with Gasteiger partial charge in [0.25, 0.3) is 0 Å². The molecule has 0 bridgehead atoms. The topological polar surface area (TPSA) is 30.7 Å². The molecule has 0 amide bonds. The van der Waals surface area contributed by atoms with E-state index in [4.69, 9.17) is 0 Å². The Kier molecular flexibility index (Phi) is 2.22. The fourth-order valence-electron chi connectivity index (χ4n) is 1.91. The Morgan fingerprint density at radius 3 is 2.88 bits per heavy atom. The summed E-state index contributed by atoms with van der Waals surface area (Å²) in [5.41, 5.74) is 2.51. The molecule has 2 aromatic heterocycles. The molecule has 0 spiro atoms. The third kappa shape index (κ3) is 1.54. The van der Waals surface area contributed by atoms with Crippen molar-refractivity contribution in [2.75, 3.05) is 0 Å². The van der Waals surface area contributed by atoms with Crippen molar-refractivity contribution in [3.8, 4) is 10.4 Å². The molecule has 17 heavy (non-hydrogen) atoms. The molecule has 0 radical (unpaired) electrons. The highest BCUT2D eigenvalue weighted by molar-refractivity contribution is 7.13. The summed E-state index contributed by atoms with van der Waals surface area (Å²) in [4.78, 5) is 2.36. The first-order valence-corrected chi connectivity index (χ1v) is 6.09. The number of benzene rings is 1. The summed E-state index contributed by atoms with van der Waals surface area (Å²) in [6, 6.07) is 5.54. The van der Waals surface area contributed by atoms with Crippen molar-refractivity contribution in [1.29, 1.82) is 0 Å². The molecule has 5 heteroatoms. The lowest BCUT2D eigenvalue weighted by Gasteiger charge is -2.03. The first-order valence-electron chi connectivity index (χ1n) is 5.21. The first kappa shape index (κ1) is 10.4. The number of aromatic nitrogens is 3. The molecule has 3 rings (SSSR count). The van der Waals surface area contributed by atoms with Crippen LogP contribution in [0.1, 0.15) is 5.56 Å². The van der Waals surface area contributed by atoms with Crippen LogP contribution >= 0.6 is 11.3 Å². The maximum atomic E-state index is 14.2. The van der Waals surface area contributed by atoms with E-state index in [2.05, 4.69) is 10.2 Å². The van der Waals surface area contributed by atoms with E-state index < -0.39 is 0 Å². The van der Waals surface area contributed by atoms with Crippen LogP contribution in [0.4, 0.5) is 4.39 Å². The van der Waals surface area contributed by atoms with Gasteiger partial charge >= 0.3 is 0 Å². The quantitative estimate of drug-likeness (QED) is 0.661. The SMILES string of the molecule is Cc1cc2nn(C)nc2c(-c2cccs2)c1F. The Morgan fingerprint density at radius 2 is 2.18 bits per heavy atom. The molecule has 0 saturated carbocycles. The summed E-state index contributed by atoms with van der Waals surface area (Å²) < 4.78 is 14.2. The molecule has 0 atom stereocenters. The monoisotopic (exact) mass is 247 g/mol. The van der Waals surface area contributed by atoms with Crippen molar-refractivity contribution in [3.63, 3.8) is 0 Å². The average molecular weight is 247 g/mol. The largest absolute Gasteiger partial charge is 0.206 e. The summed E-state index contributed by atoms with van der Waals surface area (Å²) in [6.45, 7) is 1.75. The molecule has 0 unspecified atom stereocenters. The molecule has 0 saturated heterocycles. The Labute approximate surface area is 102 Å². The number of hydrogen-bond donors (Lipinski definition) is 0. The fraction of sp³-hybridized carbons (Fsp3) is 0.167. The molecule has 0 fully saturated rings. The number of thiophene rings is 1. The second-order valence-electron chi connectivity index (χ2n) is 3.92. The lowest BCUT2D eigenvalue weighted by Crippen LogP contribution is -1.91. The van der Waals surface area contributed by atoms with Gasteiger partial charge in [0, 0.05) is 11.9 Å². The van der Waals surface area contributed by atoms with Gasteiger partial charge in [-0.25, -0.2) is 4.39 Å². The van der Waals surface area contributed by atoms with E-state index in [0.29, 0.717) is 16.6 Å². The van der Waals surface area contributed by atoms with Crippen LogP contribution in [0.3, 0.4) is 0 Å². The highest BCUT2D eigenvalue weighted by Crippen LogP contribution is 2.34. The number of fused-ring (bicyclic) bond motifs is 1. The van der Waals surface area contributed by atoms with Crippen molar-refractivity contribution < 1.29 is 4.39 Å². The third-order valence-electron chi connectivity index (χ3n) is 2.66. The predicted molar refractivity (Wildman–Crippen MR) is 66.5 cm³/mol. The van der Waals surface area contributed by atoms with Gasteiger partial charge in [0.05, 0.1) is 5.56 Å². The second kappa shape index (κ2) is 3.63. The van der Waals surface area contributed by atoms with Crippen LogP contribution in [-0.2, 0) is 7.05 Å². The van der Waals surface area contributed by atoms with E-state index >= 15 is 0 Å². The van der Waals surface area contributed by atoms with Crippen molar-refractivity contribution >= 4 is 22.4 Å². The van der Waals surface area contributed by atoms with E-state index in [1.54, 1.807) is 20.0 Å². The fourth-order valence-corrected chi connectivity index (χ4v) is 2.68. The minimum Gasteiger partial charge on any atom is -0.206 e. The zero-order valence-electron chi connectivity index (χ0n) is 9.44. The summed E-state index contributed by atoms with van der Waals surface area (Å²) in [5, 5.41) is 10.4. The van der Waals surface area contributed by atoms with E-state index in [0.717, 1.165) is 10.4 Å². The average Bonchev–Trinajstić information content (AvgIpc) is 2.89. The van der Waals surface area contributed by atoms with Gasteiger partial charge in [-0.15, -0.1) is 11.3 Å². The number of nitrogens with zero attached hydrogens (tertiary/aromatic N) is 3. The predicted octanol–water partition coefficient (Wildman–Crippen LogP) is 3.14. The van der Waals surface area contributed by atoms with Crippen LogP contribution in [0.2, 0.25) is 0 Å². The molecule has 2 heterocycles. The highest BCUT2D eigenvalue weighted by atomic mass is 32.1. The lowest BCUT2D eigenvalue weighted by atomic mass is 10.1. The second-order valence-corrected chi connectivity index (χ2v) is 4.86. The van der Waals surface area contributed by atoms with Crippen molar-refractivity contribution in [3.05, 3.63) is 35.0 Å². The van der Waals surface area contributed by atoms with Crippen molar-refractivity contribution in [2.45, 2.75) is 6.92 Å². The molecule has 3 aromatic rings. The minimum absolute atomic E-state index is 0.208. The van der Waals surface area contributed by atoms with E-state index in [9.17, 15) is 4.39 Å². The molecule has 0 N–H and O–H groups in total. The van der Waals surface area contributed by atoms with Gasteiger partial charge in [-0.3, -0.25) is 0 Å². The van der Waals surface area contributed by atoms with Crippen LogP contribution < -0.4 is 0 Å². The highest BCUT2D eigenvalue weighted by Gasteiger charge is 2.17. The summed E-state index contributed by atoms with van der Waals surface area (Å²) in [6.07, 6.45) is 0. The third-order valence-corrected chi connectivity index (χ3v) is 3.55. The lowest BCUT2D eigenvalue weighted by molar-refractivity contribution is 0.623. The number of hydrogen-bond acceptors (Lipinski definition) is 3. The first-order chi connectivity index (χ1) is 8.16. The van der Waals surface area contributed by atoms with E-state index in [1.165, 1.54) is 16.1 Å². The van der Waals surface area contributed by atoms with Gasteiger partial charge in [0.1, 0.15) is 16.9 Å². The Hall–Kier alpha value is -1.75. The maximum absolute atomic E-state index is 14.2. The summed E-state index contributed by atoms with van der Waals surface area (Å²) >= 11 is 1.51. The van der Waals surface area contributed by atoms with Gasteiger partial charge in [-0.2, -0.15) is 15.0 Å². The number of halogens is 1. The van der Waals surface area contributed by atoms with Crippen LogP contribution in [0, 0.1) is 12.7 Å². The molecule has 3 nitrogen and oxygen atoms in total. The maximum Gasteiger partial charge on any atom is 0.137 e. The molecule has 0 aliphatic carbocycles. The van der Waals surface area contributed by atoms with Gasteiger partial charge in [0.2, 0.25) is 0 Å². The van der Waals surface area contributed by atoms with Crippen molar-refractivity contribution in [2.24, 2.45) is 7.05 Å². The van der Waals surface area contributed by atoms with Crippen LogP contribution in [0.25, 0.3) is 21.5 Å². The zero-order chi connectivity index (χ0) is 12.0. The van der Waals surface area contributed by atoms with E-state index in [-0.39, 0.29) is 5.82 Å². The normalized spacial score (nSPS) is 11.2. The van der Waals surface area contributed by atoms with Gasteiger partial charge in [-0.05, 0) is 30.0 Å². The van der Waals surface area contributed by atoms with Gasteiger partial charge in [0.15, 0.2) is 0 Å². The van der Waals surface area contributed by atoms with E-state index in [1.807, 2.05) is 17.5 Å². The number of aryl methyl sites for hydroxylation is 2. The Bertz CT molecular complexity index is 685. The van der Waals surface area contributed by atoms with Crippen molar-refractivity contribution in [1.82, 2.24) is 15.0 Å². The molecule has 1 aromatic carbocycles. The van der Waals surface area contributed by atoms with Gasteiger partial charge < -0.3 is 0 Å². The number of rotatable bonds is 1.